The summed E-state index contributed by atoms with van der Waals surface area (Å²) in [5, 5.41) is 5.79. The van der Waals surface area contributed by atoms with Crippen molar-refractivity contribution in [3.63, 3.8) is 0 Å². The summed E-state index contributed by atoms with van der Waals surface area (Å²) < 4.78 is 0. The highest BCUT2D eigenvalue weighted by Crippen LogP contribution is 2.19. The Morgan fingerprint density at radius 3 is 2.67 bits per heavy atom. The van der Waals surface area contributed by atoms with Crippen LogP contribution in [0.1, 0.15) is 6.92 Å². The van der Waals surface area contributed by atoms with Crippen LogP contribution in [0.2, 0.25) is 5.02 Å². The van der Waals surface area contributed by atoms with E-state index in [2.05, 4.69) is 15.6 Å². The lowest BCUT2D eigenvalue weighted by Crippen LogP contribution is -2.24. The van der Waals surface area contributed by atoms with Crippen molar-refractivity contribution in [2.45, 2.75) is 12.2 Å². The van der Waals surface area contributed by atoms with Gasteiger partial charge in [0.15, 0.2) is 5.17 Å². The van der Waals surface area contributed by atoms with E-state index in [1.807, 2.05) is 0 Å². The van der Waals surface area contributed by atoms with Crippen molar-refractivity contribution in [2.24, 2.45) is 4.99 Å². The third-order valence-electron chi connectivity index (χ3n) is 2.19. The second kappa shape index (κ2) is 5.41. The molecule has 1 atom stereocenters. The third kappa shape index (κ3) is 3.24. The van der Waals surface area contributed by atoms with E-state index in [4.69, 9.17) is 11.6 Å². The Morgan fingerprint density at radius 2 is 2.11 bits per heavy atom. The molecule has 1 aliphatic heterocycles. The Kier molecular flexibility index (Phi) is 3.88. The smallest absolute Gasteiger partial charge is 0.306 e. The minimum absolute atomic E-state index is 0.141. The Balaban J connectivity index is 1.99. The predicted octanol–water partition coefficient (Wildman–Crippen LogP) is 2.48. The molecule has 1 fully saturated rings. The van der Waals surface area contributed by atoms with Crippen LogP contribution in [-0.4, -0.2) is 22.4 Å². The molecule has 0 aliphatic carbocycles. The van der Waals surface area contributed by atoms with Crippen LogP contribution in [0.5, 0.6) is 0 Å². The standard InChI is InChI=1S/C11H10ClN3O2S/c1-6-9(16)14-11(18-6)15-10(17)13-8-4-2-7(12)3-5-8/h2-6H,1H3,(H2,13,14,15,16,17)/t6-/m1/s1. The first kappa shape index (κ1) is 12.9. The number of carbonyl (C=O) groups is 2. The number of amides is 3. The number of carbonyl (C=O) groups excluding carboxylic acids is 2. The molecule has 0 aromatic heterocycles. The second-order valence-electron chi connectivity index (χ2n) is 3.60. The van der Waals surface area contributed by atoms with Crippen molar-refractivity contribution in [1.82, 2.24) is 5.32 Å². The first-order valence-electron chi connectivity index (χ1n) is 5.17. The van der Waals surface area contributed by atoms with Crippen molar-refractivity contribution < 1.29 is 9.59 Å². The van der Waals surface area contributed by atoms with Gasteiger partial charge >= 0.3 is 6.03 Å². The van der Waals surface area contributed by atoms with Gasteiger partial charge in [-0.1, -0.05) is 23.4 Å². The Labute approximate surface area is 113 Å². The molecule has 1 aromatic rings. The molecule has 18 heavy (non-hydrogen) atoms. The van der Waals surface area contributed by atoms with Gasteiger partial charge in [0.1, 0.15) is 0 Å². The molecular weight excluding hydrogens is 274 g/mol. The van der Waals surface area contributed by atoms with E-state index >= 15 is 0 Å². The van der Waals surface area contributed by atoms with Crippen LogP contribution in [0.25, 0.3) is 0 Å². The minimum atomic E-state index is -0.533. The minimum Gasteiger partial charge on any atom is -0.306 e. The van der Waals surface area contributed by atoms with E-state index in [-0.39, 0.29) is 11.2 Å². The van der Waals surface area contributed by atoms with E-state index in [0.717, 1.165) is 0 Å². The maximum atomic E-state index is 11.6. The average Bonchev–Trinajstić information content (AvgIpc) is 2.61. The number of hydrogen-bond donors (Lipinski definition) is 2. The van der Waals surface area contributed by atoms with Crippen LogP contribution in [0.4, 0.5) is 10.5 Å². The number of nitrogens with one attached hydrogen (secondary N) is 2. The molecule has 5 nitrogen and oxygen atoms in total. The first-order chi connectivity index (χ1) is 8.54. The fourth-order valence-electron chi connectivity index (χ4n) is 1.29. The number of rotatable bonds is 1. The number of aliphatic imine (C=N–C) groups is 1. The number of anilines is 1. The van der Waals surface area contributed by atoms with Crippen LogP contribution < -0.4 is 10.6 Å². The lowest BCUT2D eigenvalue weighted by molar-refractivity contribution is -0.118. The van der Waals surface area contributed by atoms with Crippen molar-refractivity contribution >= 4 is 46.2 Å². The number of thioether (sulfide) groups is 1. The molecule has 1 heterocycles. The number of halogens is 1. The number of hydrogen-bond acceptors (Lipinski definition) is 3. The number of benzene rings is 1. The van der Waals surface area contributed by atoms with Gasteiger partial charge in [-0.25, -0.2) is 4.79 Å². The van der Waals surface area contributed by atoms with Crippen LogP contribution in [0, 0.1) is 0 Å². The number of urea groups is 1. The Hall–Kier alpha value is -1.53. The quantitative estimate of drug-likeness (QED) is 0.832. The summed E-state index contributed by atoms with van der Waals surface area (Å²) in [6, 6.07) is 6.14. The first-order valence-corrected chi connectivity index (χ1v) is 6.43. The van der Waals surface area contributed by atoms with Gasteiger partial charge in [-0.2, -0.15) is 4.99 Å². The third-order valence-corrected chi connectivity index (χ3v) is 3.42. The summed E-state index contributed by atoms with van der Waals surface area (Å²) in [4.78, 5) is 26.5. The molecule has 1 aliphatic rings. The predicted molar refractivity (Wildman–Crippen MR) is 73.1 cm³/mol. The Morgan fingerprint density at radius 1 is 1.44 bits per heavy atom. The molecule has 94 valence electrons. The second-order valence-corrected chi connectivity index (χ2v) is 5.37. The highest BCUT2D eigenvalue weighted by atomic mass is 35.5. The highest BCUT2D eigenvalue weighted by molar-refractivity contribution is 8.15. The monoisotopic (exact) mass is 283 g/mol. The molecular formula is C11H10ClN3O2S. The van der Waals surface area contributed by atoms with Crippen molar-refractivity contribution in [3.05, 3.63) is 29.3 Å². The van der Waals surface area contributed by atoms with Gasteiger partial charge in [0, 0.05) is 10.7 Å². The topological polar surface area (TPSA) is 70.6 Å². The molecule has 0 saturated carbocycles. The molecule has 1 aromatic carbocycles. The SMILES string of the molecule is C[C@H]1S/C(=N\C(=O)Nc2ccc(Cl)cc2)NC1=O. The average molecular weight is 284 g/mol. The maximum Gasteiger partial charge on any atom is 0.347 e. The van der Waals surface area contributed by atoms with Crippen LogP contribution in [0.3, 0.4) is 0 Å². The van der Waals surface area contributed by atoms with Crippen molar-refractivity contribution in [3.8, 4) is 0 Å². The number of nitrogens with zero attached hydrogens (tertiary/aromatic N) is 1. The summed E-state index contributed by atoms with van der Waals surface area (Å²) in [5.74, 6) is -0.141. The largest absolute Gasteiger partial charge is 0.347 e. The summed E-state index contributed by atoms with van der Waals surface area (Å²) in [6.45, 7) is 1.75. The van der Waals surface area contributed by atoms with Gasteiger partial charge in [-0.15, -0.1) is 0 Å². The molecule has 2 rings (SSSR count). The molecule has 0 unspecified atom stereocenters. The van der Waals surface area contributed by atoms with Gasteiger partial charge in [0.05, 0.1) is 5.25 Å². The van der Waals surface area contributed by atoms with Gasteiger partial charge in [0.2, 0.25) is 5.91 Å². The molecule has 2 N–H and O–H groups in total. The van der Waals surface area contributed by atoms with Crippen molar-refractivity contribution in [1.29, 1.82) is 0 Å². The summed E-state index contributed by atoms with van der Waals surface area (Å²) in [5.41, 5.74) is 0.594. The lowest BCUT2D eigenvalue weighted by atomic mass is 10.3. The van der Waals surface area contributed by atoms with Crippen LogP contribution >= 0.6 is 23.4 Å². The van der Waals surface area contributed by atoms with Crippen LogP contribution in [-0.2, 0) is 4.79 Å². The highest BCUT2D eigenvalue weighted by Gasteiger charge is 2.26. The van der Waals surface area contributed by atoms with Gasteiger partial charge in [-0.3, -0.25) is 4.79 Å². The number of amidine groups is 1. The van der Waals surface area contributed by atoms with E-state index in [0.29, 0.717) is 15.9 Å². The maximum absolute atomic E-state index is 11.6. The van der Waals surface area contributed by atoms with E-state index in [1.54, 1.807) is 31.2 Å². The van der Waals surface area contributed by atoms with Crippen LogP contribution in [0.15, 0.2) is 29.3 Å². The zero-order valence-corrected chi connectivity index (χ0v) is 11.0. The summed E-state index contributed by atoms with van der Waals surface area (Å²) in [6.07, 6.45) is 0. The zero-order chi connectivity index (χ0) is 13.1. The summed E-state index contributed by atoms with van der Waals surface area (Å²) >= 11 is 6.95. The fourth-order valence-corrected chi connectivity index (χ4v) is 2.21. The van der Waals surface area contributed by atoms with E-state index in [1.165, 1.54) is 11.8 Å². The van der Waals surface area contributed by atoms with E-state index in [9.17, 15) is 9.59 Å². The molecule has 0 spiro atoms. The molecule has 3 amide bonds. The van der Waals surface area contributed by atoms with Crippen molar-refractivity contribution in [2.75, 3.05) is 5.32 Å². The van der Waals surface area contributed by atoms with Gasteiger partial charge < -0.3 is 10.6 Å². The normalized spacial score (nSPS) is 20.9. The molecule has 0 radical (unpaired) electrons. The fraction of sp³-hybridized carbons (Fsp3) is 0.182. The summed E-state index contributed by atoms with van der Waals surface area (Å²) in [7, 11) is 0. The van der Waals surface area contributed by atoms with Gasteiger partial charge in [-0.05, 0) is 31.2 Å². The molecule has 0 bridgehead atoms. The molecule has 1 saturated heterocycles. The lowest BCUT2D eigenvalue weighted by Gasteiger charge is -2.01. The zero-order valence-electron chi connectivity index (χ0n) is 9.44. The van der Waals surface area contributed by atoms with E-state index < -0.39 is 6.03 Å². The van der Waals surface area contributed by atoms with Gasteiger partial charge in [0.25, 0.3) is 0 Å². The Bertz CT molecular complexity index is 516. The molecule has 7 heteroatoms.